The van der Waals surface area contributed by atoms with Crippen LogP contribution in [0.5, 0.6) is 0 Å². The van der Waals surface area contributed by atoms with Gasteiger partial charge >= 0.3 is 11.9 Å². The third-order valence-corrected chi connectivity index (χ3v) is 2.88. The molecule has 0 spiro atoms. The predicted molar refractivity (Wildman–Crippen MR) is 70.0 cm³/mol. The Morgan fingerprint density at radius 1 is 1.11 bits per heavy atom. The van der Waals surface area contributed by atoms with Crippen LogP contribution in [0.3, 0.4) is 0 Å². The zero-order valence-electron chi connectivity index (χ0n) is 11.3. The maximum atomic E-state index is 11.7. The summed E-state index contributed by atoms with van der Waals surface area (Å²) in [4.78, 5) is 23.4. The van der Waals surface area contributed by atoms with Crippen LogP contribution in [0, 0.1) is 5.92 Å². The summed E-state index contributed by atoms with van der Waals surface area (Å²) in [5, 5.41) is 0. The summed E-state index contributed by atoms with van der Waals surface area (Å²) < 4.78 is 9.75. The molecule has 0 saturated heterocycles. The second-order valence-electron chi connectivity index (χ2n) is 3.73. The number of carbonyl (C=O) groups excluding carboxylic acids is 2. The number of rotatable bonds is 7. The standard InChI is InChI=1S/C12H21O4S.BrH/c1-6-15-11(13)10(12(14)16-7-2)9(3)8-17(4)5;/h10H,3,6-8H2,1-2,4-5H3;1H/q+1;/p-1. The fraction of sp³-hybridized carbons (Fsp3) is 0.667. The van der Waals surface area contributed by atoms with Gasteiger partial charge in [0, 0.05) is 0 Å². The van der Waals surface area contributed by atoms with Gasteiger partial charge in [-0.3, -0.25) is 9.59 Å². The second kappa shape index (κ2) is 10.4. The van der Waals surface area contributed by atoms with Gasteiger partial charge in [-0.05, 0) is 30.3 Å². The van der Waals surface area contributed by atoms with Gasteiger partial charge < -0.3 is 26.5 Å². The Hall–Kier alpha value is -0.490. The van der Waals surface area contributed by atoms with Crippen molar-refractivity contribution in [1.82, 2.24) is 0 Å². The van der Waals surface area contributed by atoms with Crippen molar-refractivity contribution < 1.29 is 36.0 Å². The molecule has 0 amide bonds. The first-order chi connectivity index (χ1) is 7.93. The van der Waals surface area contributed by atoms with Crippen LogP contribution in [-0.4, -0.2) is 43.4 Å². The lowest BCUT2D eigenvalue weighted by atomic mass is 10.0. The van der Waals surface area contributed by atoms with Crippen molar-refractivity contribution in [2.45, 2.75) is 13.8 Å². The molecule has 0 unspecified atom stereocenters. The normalized spacial score (nSPS) is 9.89. The third-order valence-electron chi connectivity index (χ3n) is 1.93. The van der Waals surface area contributed by atoms with Crippen LogP contribution in [0.4, 0.5) is 0 Å². The molecule has 0 aliphatic carbocycles. The Labute approximate surface area is 122 Å². The highest BCUT2D eigenvalue weighted by atomic mass is 79.9. The van der Waals surface area contributed by atoms with E-state index in [0.717, 1.165) is 0 Å². The molecule has 0 aromatic carbocycles. The lowest BCUT2D eigenvalue weighted by Crippen LogP contribution is -3.00. The topological polar surface area (TPSA) is 52.6 Å². The zero-order valence-corrected chi connectivity index (χ0v) is 13.7. The van der Waals surface area contributed by atoms with E-state index in [-0.39, 0.29) is 41.1 Å². The highest BCUT2D eigenvalue weighted by Crippen LogP contribution is 2.15. The smallest absolute Gasteiger partial charge is 0.324 e. The van der Waals surface area contributed by atoms with E-state index in [1.165, 1.54) is 0 Å². The van der Waals surface area contributed by atoms with E-state index in [4.69, 9.17) is 9.47 Å². The number of hydrogen-bond acceptors (Lipinski definition) is 4. The minimum absolute atomic E-state index is 0. The van der Waals surface area contributed by atoms with Crippen molar-refractivity contribution in [3.05, 3.63) is 12.2 Å². The summed E-state index contributed by atoms with van der Waals surface area (Å²) in [7, 11) is 0.0777. The van der Waals surface area contributed by atoms with Gasteiger partial charge in [0.05, 0.1) is 25.7 Å². The Morgan fingerprint density at radius 3 is 1.78 bits per heavy atom. The van der Waals surface area contributed by atoms with Crippen LogP contribution >= 0.6 is 0 Å². The van der Waals surface area contributed by atoms with E-state index in [1.54, 1.807) is 13.8 Å². The van der Waals surface area contributed by atoms with Crippen molar-refractivity contribution in [3.63, 3.8) is 0 Å². The molecule has 6 heteroatoms. The molecule has 0 saturated carbocycles. The van der Waals surface area contributed by atoms with Crippen LogP contribution < -0.4 is 17.0 Å². The first kappa shape index (κ1) is 19.8. The average molecular weight is 341 g/mol. The van der Waals surface area contributed by atoms with Crippen molar-refractivity contribution in [2.75, 3.05) is 31.5 Å². The molecular formula is C12H21BrO4S. The molecule has 0 heterocycles. The Kier molecular flexibility index (Phi) is 11.5. The van der Waals surface area contributed by atoms with E-state index in [9.17, 15) is 9.59 Å². The van der Waals surface area contributed by atoms with Gasteiger partial charge in [-0.1, -0.05) is 6.58 Å². The quantitative estimate of drug-likeness (QED) is 0.237. The SMILES string of the molecule is C=C(C[S+](C)C)C(C(=O)OCC)C(=O)OCC.[Br-]. The van der Waals surface area contributed by atoms with Crippen LogP contribution in [0.25, 0.3) is 0 Å². The fourth-order valence-corrected chi connectivity index (χ4v) is 2.24. The van der Waals surface area contributed by atoms with Crippen molar-refractivity contribution in [1.29, 1.82) is 0 Å². The molecular weight excluding hydrogens is 320 g/mol. The lowest BCUT2D eigenvalue weighted by Gasteiger charge is -2.15. The van der Waals surface area contributed by atoms with E-state index in [0.29, 0.717) is 11.3 Å². The van der Waals surface area contributed by atoms with Gasteiger partial charge in [-0.25, -0.2) is 0 Å². The largest absolute Gasteiger partial charge is 1.00 e. The molecule has 0 N–H and O–H groups in total. The molecule has 0 aliphatic heterocycles. The van der Waals surface area contributed by atoms with E-state index in [2.05, 4.69) is 6.58 Å². The molecule has 0 aliphatic rings. The first-order valence-electron chi connectivity index (χ1n) is 5.49. The molecule has 0 radical (unpaired) electrons. The molecule has 4 nitrogen and oxygen atoms in total. The summed E-state index contributed by atoms with van der Waals surface area (Å²) in [5.74, 6) is -1.49. The van der Waals surface area contributed by atoms with Gasteiger partial charge in [0.1, 0.15) is 5.75 Å². The molecule has 106 valence electrons. The lowest BCUT2D eigenvalue weighted by molar-refractivity contribution is -0.159. The monoisotopic (exact) mass is 340 g/mol. The third kappa shape index (κ3) is 7.06. The maximum Gasteiger partial charge on any atom is 0.324 e. The summed E-state index contributed by atoms with van der Waals surface area (Å²) in [5.41, 5.74) is 0.565. The molecule has 0 rings (SSSR count). The fourth-order valence-electron chi connectivity index (χ4n) is 1.33. The van der Waals surface area contributed by atoms with Crippen molar-refractivity contribution >= 4 is 22.8 Å². The molecule has 0 fully saturated rings. The molecule has 0 atom stereocenters. The van der Waals surface area contributed by atoms with Gasteiger partial charge in [0.25, 0.3) is 0 Å². The van der Waals surface area contributed by atoms with Crippen molar-refractivity contribution in [3.8, 4) is 0 Å². The predicted octanol–water partition coefficient (Wildman–Crippen LogP) is -1.83. The minimum Gasteiger partial charge on any atom is -1.00 e. The van der Waals surface area contributed by atoms with Crippen LogP contribution in [-0.2, 0) is 30.0 Å². The van der Waals surface area contributed by atoms with E-state index < -0.39 is 17.9 Å². The number of hydrogen-bond donors (Lipinski definition) is 0. The summed E-state index contributed by atoms with van der Waals surface area (Å²) in [6.07, 6.45) is 4.05. The number of esters is 2. The van der Waals surface area contributed by atoms with Crippen molar-refractivity contribution in [2.24, 2.45) is 5.92 Å². The molecule has 0 bridgehead atoms. The Bertz CT molecular complexity index is 274. The average Bonchev–Trinajstić information content (AvgIpc) is 2.17. The molecule has 0 aromatic heterocycles. The van der Waals surface area contributed by atoms with Crippen LogP contribution in [0.1, 0.15) is 13.8 Å². The van der Waals surface area contributed by atoms with Gasteiger partial charge in [-0.15, -0.1) is 0 Å². The van der Waals surface area contributed by atoms with Gasteiger partial charge in [-0.2, -0.15) is 0 Å². The molecule has 18 heavy (non-hydrogen) atoms. The minimum atomic E-state index is -0.982. The highest BCUT2D eigenvalue weighted by Gasteiger charge is 2.34. The maximum absolute atomic E-state index is 11.7. The highest BCUT2D eigenvalue weighted by molar-refractivity contribution is 7.95. The number of ether oxygens (including phenoxy) is 2. The molecule has 0 aromatic rings. The Morgan fingerprint density at radius 2 is 1.50 bits per heavy atom. The van der Waals surface area contributed by atoms with Crippen LogP contribution in [0.15, 0.2) is 12.2 Å². The number of carbonyl (C=O) groups is 2. The van der Waals surface area contributed by atoms with Gasteiger partial charge in [0.2, 0.25) is 0 Å². The summed E-state index contributed by atoms with van der Waals surface area (Å²) in [6, 6.07) is 0. The number of halogens is 1. The summed E-state index contributed by atoms with van der Waals surface area (Å²) in [6.45, 7) is 7.69. The van der Waals surface area contributed by atoms with Gasteiger partial charge in [0.15, 0.2) is 5.92 Å². The van der Waals surface area contributed by atoms with E-state index >= 15 is 0 Å². The first-order valence-corrected chi connectivity index (χ1v) is 7.70. The van der Waals surface area contributed by atoms with Crippen LogP contribution in [0.2, 0.25) is 0 Å². The summed E-state index contributed by atoms with van der Waals surface area (Å²) >= 11 is 0. The zero-order chi connectivity index (χ0) is 13.4. The Balaban J connectivity index is 0. The van der Waals surface area contributed by atoms with E-state index in [1.807, 2.05) is 12.5 Å². The second-order valence-corrected chi connectivity index (χ2v) is 5.99.